The van der Waals surface area contributed by atoms with Gasteiger partial charge in [-0.2, -0.15) is 0 Å². The first-order valence-corrected chi connectivity index (χ1v) is 10.7. The molecule has 0 spiro atoms. The summed E-state index contributed by atoms with van der Waals surface area (Å²) in [5.74, 6) is 2.83. The van der Waals surface area contributed by atoms with Crippen LogP contribution in [0.1, 0.15) is 66.2 Å². The summed E-state index contributed by atoms with van der Waals surface area (Å²) in [6, 6.07) is 0.400. The molecule has 2 amide bonds. The molecule has 0 radical (unpaired) electrons. The molecule has 4 bridgehead atoms. The number of nitrogens with one attached hydrogen (secondary N) is 3. The van der Waals surface area contributed by atoms with Crippen molar-refractivity contribution < 1.29 is 14.5 Å². The summed E-state index contributed by atoms with van der Waals surface area (Å²) in [6.07, 6.45) is 8.21. The number of quaternary nitrogens is 1. The first kappa shape index (κ1) is 19.7. The zero-order chi connectivity index (χ0) is 18.9. The first-order valence-electron chi connectivity index (χ1n) is 10.7. The Kier molecular flexibility index (Phi) is 5.95. The molecule has 0 aromatic heterocycles. The lowest BCUT2D eigenvalue weighted by Gasteiger charge is -2.59. The zero-order valence-electron chi connectivity index (χ0n) is 17.1. The van der Waals surface area contributed by atoms with Gasteiger partial charge in [0.2, 0.25) is 0 Å². The topological polar surface area (TPSA) is 62.6 Å². The molecule has 5 heteroatoms. The smallest absolute Gasteiger partial charge is 0.275 e. The molecule has 3 N–H and O–H groups in total. The number of hydrogen-bond donors (Lipinski definition) is 3. The van der Waals surface area contributed by atoms with Crippen LogP contribution in [-0.2, 0) is 9.59 Å². The van der Waals surface area contributed by atoms with Crippen LogP contribution in [0.5, 0.6) is 0 Å². The summed E-state index contributed by atoms with van der Waals surface area (Å²) in [7, 11) is 0. The van der Waals surface area contributed by atoms with E-state index < -0.39 is 0 Å². The molecule has 0 heterocycles. The van der Waals surface area contributed by atoms with Gasteiger partial charge in [-0.3, -0.25) is 9.59 Å². The van der Waals surface area contributed by atoms with Crippen molar-refractivity contribution in [3.05, 3.63) is 0 Å². The second-order valence-electron chi connectivity index (χ2n) is 9.75. The molecule has 1 unspecified atom stereocenters. The van der Waals surface area contributed by atoms with Gasteiger partial charge < -0.3 is 15.5 Å². The molecule has 26 heavy (non-hydrogen) atoms. The summed E-state index contributed by atoms with van der Waals surface area (Å²) >= 11 is 0. The molecule has 148 valence electrons. The van der Waals surface area contributed by atoms with Gasteiger partial charge in [-0.05, 0) is 89.4 Å². The van der Waals surface area contributed by atoms with Crippen LogP contribution >= 0.6 is 0 Å². The predicted octanol–water partition coefficient (Wildman–Crippen LogP) is 1.14. The van der Waals surface area contributed by atoms with Gasteiger partial charge in [-0.15, -0.1) is 0 Å². The van der Waals surface area contributed by atoms with E-state index in [4.69, 9.17) is 0 Å². The van der Waals surface area contributed by atoms with Gasteiger partial charge in [0.25, 0.3) is 11.8 Å². The van der Waals surface area contributed by atoms with Crippen LogP contribution in [0.25, 0.3) is 0 Å². The van der Waals surface area contributed by atoms with E-state index >= 15 is 0 Å². The van der Waals surface area contributed by atoms with Gasteiger partial charge in [-0.1, -0.05) is 0 Å². The highest BCUT2D eigenvalue weighted by Crippen LogP contribution is 2.61. The van der Waals surface area contributed by atoms with Crippen molar-refractivity contribution in [2.45, 2.75) is 78.3 Å². The van der Waals surface area contributed by atoms with Gasteiger partial charge in [0.05, 0.1) is 6.54 Å². The van der Waals surface area contributed by atoms with Crippen LogP contribution in [0, 0.1) is 23.2 Å². The summed E-state index contributed by atoms with van der Waals surface area (Å²) in [6.45, 7) is 9.72. The first-order chi connectivity index (χ1) is 12.3. The van der Waals surface area contributed by atoms with E-state index in [9.17, 15) is 9.59 Å². The van der Waals surface area contributed by atoms with Crippen LogP contribution in [0.4, 0.5) is 0 Å². The monoisotopic (exact) mass is 364 g/mol. The third-order valence-electron chi connectivity index (χ3n) is 7.15. The fraction of sp³-hybridized carbons (Fsp3) is 0.905. The van der Waals surface area contributed by atoms with Crippen LogP contribution in [0.2, 0.25) is 0 Å². The van der Waals surface area contributed by atoms with Crippen molar-refractivity contribution >= 4 is 11.8 Å². The van der Waals surface area contributed by atoms with Gasteiger partial charge in [0, 0.05) is 12.1 Å². The van der Waals surface area contributed by atoms with E-state index in [0.29, 0.717) is 18.5 Å². The molecule has 2 atom stereocenters. The van der Waals surface area contributed by atoms with Crippen molar-refractivity contribution in [1.29, 1.82) is 0 Å². The van der Waals surface area contributed by atoms with Crippen LogP contribution in [-0.4, -0.2) is 43.5 Å². The number of amides is 2. The Balaban J connectivity index is 1.51. The summed E-state index contributed by atoms with van der Waals surface area (Å²) in [5.41, 5.74) is 0.339. The number of carbonyl (C=O) groups is 2. The molecule has 4 fully saturated rings. The van der Waals surface area contributed by atoms with Crippen LogP contribution in [0.3, 0.4) is 0 Å². The Labute approximate surface area is 158 Å². The third kappa shape index (κ3) is 4.41. The van der Waals surface area contributed by atoms with E-state index in [1.807, 2.05) is 20.8 Å². The second-order valence-corrected chi connectivity index (χ2v) is 9.75. The maximum atomic E-state index is 12.7. The lowest BCUT2D eigenvalue weighted by Crippen LogP contribution is -3.14. The minimum absolute atomic E-state index is 0.0267. The fourth-order valence-electron chi connectivity index (χ4n) is 6.29. The number of hydrogen-bond acceptors (Lipinski definition) is 2. The predicted molar refractivity (Wildman–Crippen MR) is 103 cm³/mol. The molecule has 0 aliphatic heterocycles. The highest BCUT2D eigenvalue weighted by atomic mass is 16.2. The minimum atomic E-state index is 0.0267. The Morgan fingerprint density at radius 3 is 1.81 bits per heavy atom. The van der Waals surface area contributed by atoms with Gasteiger partial charge in [-0.25, -0.2) is 0 Å². The summed E-state index contributed by atoms with van der Waals surface area (Å²) < 4.78 is 0. The molecule has 4 saturated carbocycles. The summed E-state index contributed by atoms with van der Waals surface area (Å²) in [5, 5.41) is 6.24. The molecule has 4 rings (SSSR count). The number of rotatable bonds is 8. The van der Waals surface area contributed by atoms with Crippen molar-refractivity contribution in [2.24, 2.45) is 23.2 Å². The standard InChI is InChI=1S/C21H37N3O2/c1-5-24(12-19(25)22-14(2)3)13-20(26)23-15(4)21-9-16-6-17(10-21)8-18(7-16)11-21/h14-18H,5-13H2,1-4H3,(H,22,25)(H,23,26)/p+1/t15-,16?,17?,18?,21?/m1/s1. The molecular formula is C21H38N3O2+. The van der Waals surface area contributed by atoms with Crippen molar-refractivity contribution in [2.75, 3.05) is 19.6 Å². The molecule has 4 aliphatic carbocycles. The van der Waals surface area contributed by atoms with Crippen LogP contribution < -0.4 is 15.5 Å². The molecule has 0 saturated heterocycles. The lowest BCUT2D eigenvalue weighted by atomic mass is 9.48. The molecule has 5 nitrogen and oxygen atoms in total. The Hall–Kier alpha value is -1.10. The van der Waals surface area contributed by atoms with Crippen molar-refractivity contribution in [3.63, 3.8) is 0 Å². The largest absolute Gasteiger partial charge is 0.349 e. The van der Waals surface area contributed by atoms with Crippen molar-refractivity contribution in [1.82, 2.24) is 10.6 Å². The van der Waals surface area contributed by atoms with Crippen molar-refractivity contribution in [3.8, 4) is 0 Å². The molecule has 4 aliphatic rings. The maximum Gasteiger partial charge on any atom is 0.275 e. The van der Waals surface area contributed by atoms with Crippen LogP contribution in [0.15, 0.2) is 0 Å². The van der Waals surface area contributed by atoms with Gasteiger partial charge in [0.1, 0.15) is 0 Å². The minimum Gasteiger partial charge on any atom is -0.349 e. The van der Waals surface area contributed by atoms with E-state index in [2.05, 4.69) is 17.6 Å². The fourth-order valence-corrected chi connectivity index (χ4v) is 6.29. The third-order valence-corrected chi connectivity index (χ3v) is 7.15. The maximum absolute atomic E-state index is 12.7. The van der Waals surface area contributed by atoms with E-state index in [-0.39, 0.29) is 23.9 Å². The van der Waals surface area contributed by atoms with E-state index in [1.54, 1.807) is 0 Å². The average Bonchev–Trinajstić information content (AvgIpc) is 2.51. The van der Waals surface area contributed by atoms with Gasteiger partial charge >= 0.3 is 0 Å². The second kappa shape index (κ2) is 7.87. The van der Waals surface area contributed by atoms with E-state index in [1.165, 1.54) is 38.5 Å². The normalized spacial score (nSPS) is 34.6. The van der Waals surface area contributed by atoms with Gasteiger partial charge in [0.15, 0.2) is 13.1 Å². The quantitative estimate of drug-likeness (QED) is 0.605. The Morgan fingerprint density at radius 1 is 0.923 bits per heavy atom. The SMILES string of the molecule is CC[NH+](CC(=O)NC(C)C)CC(=O)N[C@H](C)C12CC3CC(CC(C3)C1)C2. The number of likely N-dealkylation sites (N-methyl/N-ethyl adjacent to an activating group) is 1. The highest BCUT2D eigenvalue weighted by molar-refractivity contribution is 5.79. The number of carbonyl (C=O) groups excluding carboxylic acids is 2. The Morgan fingerprint density at radius 2 is 1.38 bits per heavy atom. The highest BCUT2D eigenvalue weighted by Gasteiger charge is 2.53. The van der Waals surface area contributed by atoms with E-state index in [0.717, 1.165) is 29.2 Å². The zero-order valence-corrected chi connectivity index (χ0v) is 17.1. The Bertz CT molecular complexity index is 496. The lowest BCUT2D eigenvalue weighted by molar-refractivity contribution is -0.881. The summed E-state index contributed by atoms with van der Waals surface area (Å²) in [4.78, 5) is 25.7. The average molecular weight is 365 g/mol. The molecule has 0 aromatic carbocycles. The molecular weight excluding hydrogens is 326 g/mol. The molecule has 0 aromatic rings.